The van der Waals surface area contributed by atoms with Gasteiger partial charge in [0.2, 0.25) is 0 Å². The number of carbonyl (C=O) groups is 1. The van der Waals surface area contributed by atoms with Crippen LogP contribution in [0.1, 0.15) is 46.4 Å². The molecule has 1 heterocycles. The van der Waals surface area contributed by atoms with Gasteiger partial charge < -0.3 is 14.8 Å². The normalized spacial score (nSPS) is 14.1. The lowest BCUT2D eigenvalue weighted by molar-refractivity contribution is 0.0935. The van der Waals surface area contributed by atoms with Crippen molar-refractivity contribution in [1.82, 2.24) is 5.32 Å². The highest BCUT2D eigenvalue weighted by atomic mass is 16.6. The number of benzene rings is 2. The van der Waals surface area contributed by atoms with Gasteiger partial charge in [0, 0.05) is 5.56 Å². The third-order valence-electron chi connectivity index (χ3n) is 4.45. The maximum absolute atomic E-state index is 12.6. The van der Waals surface area contributed by atoms with Crippen molar-refractivity contribution in [2.24, 2.45) is 0 Å². The Hall–Kier alpha value is -2.49. The summed E-state index contributed by atoms with van der Waals surface area (Å²) in [5.41, 5.74) is 4.02. The summed E-state index contributed by atoms with van der Waals surface area (Å²) in [6.45, 7) is 7.25. The Balaban J connectivity index is 1.79. The second-order valence-electron chi connectivity index (χ2n) is 6.14. The molecule has 0 bridgehead atoms. The van der Waals surface area contributed by atoms with Crippen LogP contribution in [0.2, 0.25) is 0 Å². The van der Waals surface area contributed by atoms with Gasteiger partial charge in [-0.3, -0.25) is 4.79 Å². The first kappa shape index (κ1) is 16.4. The van der Waals surface area contributed by atoms with Crippen LogP contribution in [0.3, 0.4) is 0 Å². The Morgan fingerprint density at radius 1 is 1.04 bits per heavy atom. The fraction of sp³-hybridized carbons (Fsp3) is 0.350. The van der Waals surface area contributed by atoms with E-state index in [4.69, 9.17) is 9.47 Å². The van der Waals surface area contributed by atoms with Crippen molar-refractivity contribution in [2.45, 2.75) is 33.2 Å². The van der Waals surface area contributed by atoms with Crippen molar-refractivity contribution in [3.8, 4) is 11.5 Å². The summed E-state index contributed by atoms with van der Waals surface area (Å²) in [7, 11) is 0. The molecule has 0 spiro atoms. The summed E-state index contributed by atoms with van der Waals surface area (Å²) in [6, 6.07) is 11.6. The highest BCUT2D eigenvalue weighted by Gasteiger charge is 2.18. The average Bonchev–Trinajstić information content (AvgIpc) is 2.61. The third-order valence-corrected chi connectivity index (χ3v) is 4.45. The standard InChI is InChI=1S/C20H23NO3/c1-4-17(15-7-8-18-19(12-15)24-10-9-23-18)21-20(22)16-6-5-13(2)14(3)11-16/h5-8,11-12,17H,4,9-10H2,1-3H3,(H,21,22). The zero-order valence-electron chi connectivity index (χ0n) is 14.4. The summed E-state index contributed by atoms with van der Waals surface area (Å²) in [4.78, 5) is 12.6. The van der Waals surface area contributed by atoms with Crippen molar-refractivity contribution in [1.29, 1.82) is 0 Å². The van der Waals surface area contributed by atoms with Gasteiger partial charge in [0.25, 0.3) is 5.91 Å². The summed E-state index contributed by atoms with van der Waals surface area (Å²) < 4.78 is 11.2. The van der Waals surface area contributed by atoms with Gasteiger partial charge in [-0.15, -0.1) is 0 Å². The molecule has 0 aromatic heterocycles. The Labute approximate surface area is 142 Å². The lowest BCUT2D eigenvalue weighted by atomic mass is 10.0. The molecular weight excluding hydrogens is 302 g/mol. The van der Waals surface area contributed by atoms with Gasteiger partial charge in [-0.1, -0.05) is 19.1 Å². The summed E-state index contributed by atoms with van der Waals surface area (Å²) in [5, 5.41) is 3.12. The molecule has 3 rings (SSSR count). The monoisotopic (exact) mass is 325 g/mol. The molecular formula is C20H23NO3. The van der Waals surface area contributed by atoms with E-state index in [9.17, 15) is 4.79 Å². The zero-order chi connectivity index (χ0) is 17.1. The molecule has 0 fully saturated rings. The van der Waals surface area contributed by atoms with Gasteiger partial charge in [0.05, 0.1) is 6.04 Å². The second-order valence-corrected chi connectivity index (χ2v) is 6.14. The lowest BCUT2D eigenvalue weighted by Crippen LogP contribution is -2.28. The van der Waals surface area contributed by atoms with Crippen LogP contribution in [0.4, 0.5) is 0 Å². The van der Waals surface area contributed by atoms with Gasteiger partial charge in [-0.05, 0) is 61.2 Å². The summed E-state index contributed by atoms with van der Waals surface area (Å²) in [5.74, 6) is 1.46. The molecule has 1 unspecified atom stereocenters. The molecule has 126 valence electrons. The lowest BCUT2D eigenvalue weighted by Gasteiger charge is -2.22. The molecule has 1 atom stereocenters. The third kappa shape index (κ3) is 3.37. The van der Waals surface area contributed by atoms with E-state index in [1.165, 1.54) is 5.56 Å². The minimum Gasteiger partial charge on any atom is -0.486 e. The molecule has 4 nitrogen and oxygen atoms in total. The molecule has 2 aromatic rings. The van der Waals surface area contributed by atoms with Crippen molar-refractivity contribution in [3.05, 3.63) is 58.7 Å². The van der Waals surface area contributed by atoms with Gasteiger partial charge in [0.15, 0.2) is 11.5 Å². The van der Waals surface area contributed by atoms with Gasteiger partial charge in [-0.25, -0.2) is 0 Å². The highest BCUT2D eigenvalue weighted by Crippen LogP contribution is 2.33. The number of hydrogen-bond acceptors (Lipinski definition) is 3. The minimum absolute atomic E-state index is 0.0557. The van der Waals surface area contributed by atoms with Gasteiger partial charge in [-0.2, -0.15) is 0 Å². The van der Waals surface area contributed by atoms with E-state index in [-0.39, 0.29) is 11.9 Å². The molecule has 1 N–H and O–H groups in total. The molecule has 0 aliphatic carbocycles. The average molecular weight is 325 g/mol. The molecule has 0 saturated heterocycles. The largest absolute Gasteiger partial charge is 0.486 e. The number of ether oxygens (including phenoxy) is 2. The topological polar surface area (TPSA) is 47.6 Å². The number of rotatable bonds is 4. The first-order chi connectivity index (χ1) is 11.6. The van der Waals surface area contributed by atoms with Crippen LogP contribution >= 0.6 is 0 Å². The Morgan fingerprint density at radius 3 is 2.50 bits per heavy atom. The van der Waals surface area contributed by atoms with Crippen LogP contribution in [0.5, 0.6) is 11.5 Å². The van der Waals surface area contributed by atoms with E-state index >= 15 is 0 Å². The van der Waals surface area contributed by atoms with Crippen LogP contribution in [-0.2, 0) is 0 Å². The van der Waals surface area contributed by atoms with E-state index < -0.39 is 0 Å². The maximum Gasteiger partial charge on any atom is 0.251 e. The number of amides is 1. The fourth-order valence-electron chi connectivity index (χ4n) is 2.82. The van der Waals surface area contributed by atoms with E-state index in [0.717, 1.165) is 29.0 Å². The quantitative estimate of drug-likeness (QED) is 0.926. The van der Waals surface area contributed by atoms with E-state index in [1.807, 2.05) is 50.2 Å². The van der Waals surface area contributed by atoms with Crippen LogP contribution < -0.4 is 14.8 Å². The molecule has 0 radical (unpaired) electrons. The van der Waals surface area contributed by atoms with E-state index in [2.05, 4.69) is 12.2 Å². The number of hydrogen-bond donors (Lipinski definition) is 1. The van der Waals surface area contributed by atoms with Gasteiger partial charge in [0.1, 0.15) is 13.2 Å². The Bertz CT molecular complexity index is 755. The number of nitrogens with one attached hydrogen (secondary N) is 1. The molecule has 0 saturated carbocycles. The molecule has 4 heteroatoms. The first-order valence-electron chi connectivity index (χ1n) is 8.36. The zero-order valence-corrected chi connectivity index (χ0v) is 14.4. The molecule has 1 aliphatic rings. The first-order valence-corrected chi connectivity index (χ1v) is 8.36. The number of aryl methyl sites for hydroxylation is 2. The predicted molar refractivity (Wildman–Crippen MR) is 93.8 cm³/mol. The summed E-state index contributed by atoms with van der Waals surface area (Å²) >= 11 is 0. The minimum atomic E-state index is -0.0602. The molecule has 1 amide bonds. The van der Waals surface area contributed by atoms with Gasteiger partial charge >= 0.3 is 0 Å². The van der Waals surface area contributed by atoms with Crippen LogP contribution in [0.15, 0.2) is 36.4 Å². The number of carbonyl (C=O) groups excluding carboxylic acids is 1. The van der Waals surface area contributed by atoms with Crippen molar-refractivity contribution >= 4 is 5.91 Å². The molecule has 24 heavy (non-hydrogen) atoms. The highest BCUT2D eigenvalue weighted by molar-refractivity contribution is 5.94. The SMILES string of the molecule is CCC(NC(=O)c1ccc(C)c(C)c1)c1ccc2c(c1)OCCO2. The summed E-state index contributed by atoms with van der Waals surface area (Å²) in [6.07, 6.45) is 0.802. The second kappa shape index (κ2) is 6.95. The van der Waals surface area contributed by atoms with Crippen LogP contribution in [0, 0.1) is 13.8 Å². The maximum atomic E-state index is 12.6. The fourth-order valence-corrected chi connectivity index (χ4v) is 2.82. The van der Waals surface area contributed by atoms with Crippen LogP contribution in [-0.4, -0.2) is 19.1 Å². The smallest absolute Gasteiger partial charge is 0.251 e. The Morgan fingerprint density at radius 2 is 1.79 bits per heavy atom. The van der Waals surface area contributed by atoms with Crippen molar-refractivity contribution in [3.63, 3.8) is 0 Å². The number of fused-ring (bicyclic) bond motifs is 1. The van der Waals surface area contributed by atoms with Crippen molar-refractivity contribution < 1.29 is 14.3 Å². The Kier molecular flexibility index (Phi) is 4.74. The van der Waals surface area contributed by atoms with Crippen LogP contribution in [0.25, 0.3) is 0 Å². The predicted octanol–water partition coefficient (Wildman–Crippen LogP) is 3.96. The molecule has 2 aromatic carbocycles. The molecule has 1 aliphatic heterocycles. The van der Waals surface area contributed by atoms with E-state index in [0.29, 0.717) is 18.8 Å². The van der Waals surface area contributed by atoms with E-state index in [1.54, 1.807) is 0 Å². The van der Waals surface area contributed by atoms with Crippen molar-refractivity contribution in [2.75, 3.05) is 13.2 Å².